The Balaban J connectivity index is 3.54. The first-order chi connectivity index (χ1) is 12.2. The summed E-state index contributed by atoms with van der Waals surface area (Å²) in [6.45, 7) is 1.88. The molecule has 0 atom stereocenters. The van der Waals surface area contributed by atoms with Crippen LogP contribution in [0.25, 0.3) is 0 Å². The molecule has 0 radical (unpaired) electrons. The number of carboxylic acids is 1. The summed E-state index contributed by atoms with van der Waals surface area (Å²) in [7, 11) is -14.1. The van der Waals surface area contributed by atoms with E-state index in [-0.39, 0.29) is 0 Å². The molecule has 0 amide bonds. The molecule has 0 heterocycles. The summed E-state index contributed by atoms with van der Waals surface area (Å²) in [5.74, 6) is -9.74. The predicted molar refractivity (Wildman–Crippen MR) is 78.8 cm³/mol. The van der Waals surface area contributed by atoms with Crippen LogP contribution in [0.2, 0.25) is 0 Å². The minimum atomic E-state index is -7.16. The number of halogens is 6. The van der Waals surface area contributed by atoms with Gasteiger partial charge in [0.15, 0.2) is 0 Å². The van der Waals surface area contributed by atoms with Crippen LogP contribution in [0.15, 0.2) is 12.1 Å². The maximum absolute atomic E-state index is 13.7. The van der Waals surface area contributed by atoms with E-state index in [9.17, 15) is 48.0 Å². The van der Waals surface area contributed by atoms with Gasteiger partial charge in [-0.05, 0) is 37.1 Å². The number of carbonyl (C=O) groups is 1. The van der Waals surface area contributed by atoms with Crippen LogP contribution in [0.3, 0.4) is 0 Å². The summed E-state index contributed by atoms with van der Waals surface area (Å²) in [5.41, 5.74) is -1.38. The molecule has 0 aliphatic carbocycles. The molecule has 0 saturated heterocycles. The highest BCUT2D eigenvalue weighted by atomic mass is 32.2. The van der Waals surface area contributed by atoms with E-state index >= 15 is 0 Å². The molecule has 0 fully saturated rings. The SMILES string of the molecule is Cc1cc(C(=O)O)cc(C)c1OS(=O)(=O)C(F)(F)C(F)(F)C(F)(F)S(=O)(=O)O. The lowest BCUT2D eigenvalue weighted by Gasteiger charge is -2.30. The van der Waals surface area contributed by atoms with Crippen molar-refractivity contribution < 1.29 is 61.8 Å². The summed E-state index contributed by atoms with van der Waals surface area (Å²) in [4.78, 5) is 10.9. The first-order valence-corrected chi connectivity index (χ1v) is 9.44. The number of carboxylic acid groups (broad SMARTS) is 1. The highest BCUT2D eigenvalue weighted by Crippen LogP contribution is 2.51. The summed E-state index contributed by atoms with van der Waals surface area (Å²) in [6, 6.07) is 1.42. The van der Waals surface area contributed by atoms with Crippen molar-refractivity contribution in [2.45, 2.75) is 30.3 Å². The lowest BCUT2D eigenvalue weighted by atomic mass is 10.1. The lowest BCUT2D eigenvalue weighted by molar-refractivity contribution is -0.247. The fourth-order valence-corrected chi connectivity index (χ4v) is 3.40. The van der Waals surface area contributed by atoms with Crippen LogP contribution in [0.4, 0.5) is 26.3 Å². The third kappa shape index (κ3) is 3.62. The molecular weight excluding hydrogens is 450 g/mol. The molecule has 0 saturated carbocycles. The van der Waals surface area contributed by atoms with Crippen molar-refractivity contribution in [1.82, 2.24) is 0 Å². The second kappa shape index (κ2) is 6.77. The van der Waals surface area contributed by atoms with Crippen LogP contribution >= 0.6 is 0 Å². The number of hydrogen-bond donors (Lipinski definition) is 2. The monoisotopic (exact) mass is 460 g/mol. The van der Waals surface area contributed by atoms with Gasteiger partial charge in [-0.25, -0.2) is 4.79 Å². The van der Waals surface area contributed by atoms with Gasteiger partial charge in [0.2, 0.25) is 0 Å². The molecule has 160 valence electrons. The zero-order chi connectivity index (χ0) is 22.5. The Bertz CT molecular complexity index is 994. The van der Waals surface area contributed by atoms with Gasteiger partial charge in [0, 0.05) is 0 Å². The van der Waals surface area contributed by atoms with Crippen LogP contribution in [-0.4, -0.2) is 48.9 Å². The van der Waals surface area contributed by atoms with Crippen LogP contribution in [0.1, 0.15) is 21.5 Å². The van der Waals surface area contributed by atoms with E-state index in [1.807, 2.05) is 0 Å². The summed E-state index contributed by atoms with van der Waals surface area (Å²) in [5, 5.41) is -4.90. The van der Waals surface area contributed by atoms with Crippen molar-refractivity contribution in [3.8, 4) is 5.75 Å². The number of alkyl halides is 6. The molecule has 1 aromatic rings. The summed E-state index contributed by atoms with van der Waals surface area (Å²) in [6.07, 6.45) is 0. The molecule has 28 heavy (non-hydrogen) atoms. The molecule has 16 heteroatoms. The fourth-order valence-electron chi connectivity index (χ4n) is 1.86. The number of aryl methyl sites for hydroxylation is 2. The highest BCUT2D eigenvalue weighted by Gasteiger charge is 2.83. The van der Waals surface area contributed by atoms with E-state index in [0.717, 1.165) is 13.8 Å². The Kier molecular flexibility index (Phi) is 5.79. The molecule has 1 aromatic carbocycles. The van der Waals surface area contributed by atoms with E-state index in [2.05, 4.69) is 4.18 Å². The average molecular weight is 460 g/mol. The van der Waals surface area contributed by atoms with Gasteiger partial charge in [0.1, 0.15) is 5.75 Å². The standard InChI is InChI=1S/C12H10F6O8S2/c1-5-3-7(9(19)20)4-6(2)8(5)26-28(24,25)12(17,18)10(13,14)11(15,16)27(21,22)23/h3-4H,1-2H3,(H,19,20)(H,21,22,23). The van der Waals surface area contributed by atoms with Gasteiger partial charge in [-0.1, -0.05) is 0 Å². The third-order valence-corrected chi connectivity index (χ3v) is 5.44. The Morgan fingerprint density at radius 1 is 0.929 bits per heavy atom. The van der Waals surface area contributed by atoms with Crippen molar-refractivity contribution in [2.75, 3.05) is 0 Å². The first-order valence-electron chi connectivity index (χ1n) is 6.59. The van der Waals surface area contributed by atoms with Gasteiger partial charge in [-0.3, -0.25) is 4.55 Å². The average Bonchev–Trinajstić information content (AvgIpc) is 2.48. The zero-order valence-corrected chi connectivity index (χ0v) is 15.2. The van der Waals surface area contributed by atoms with Crippen molar-refractivity contribution in [3.63, 3.8) is 0 Å². The van der Waals surface area contributed by atoms with Crippen molar-refractivity contribution in [2.24, 2.45) is 0 Å². The summed E-state index contributed by atoms with van der Waals surface area (Å²) >= 11 is 0. The van der Waals surface area contributed by atoms with E-state index in [1.165, 1.54) is 0 Å². The molecule has 2 N–H and O–H groups in total. The second-order valence-electron chi connectivity index (χ2n) is 5.36. The minimum Gasteiger partial charge on any atom is -0.478 e. The molecular formula is C12H10F6O8S2. The predicted octanol–water partition coefficient (Wildman–Crippen LogP) is 2.42. The molecule has 0 bridgehead atoms. The minimum absolute atomic E-state index is 0.457. The molecule has 0 unspecified atom stereocenters. The van der Waals surface area contributed by atoms with E-state index < -0.39 is 65.1 Å². The fraction of sp³-hybridized carbons (Fsp3) is 0.417. The van der Waals surface area contributed by atoms with Crippen LogP contribution in [0.5, 0.6) is 5.75 Å². The zero-order valence-electron chi connectivity index (χ0n) is 13.6. The molecule has 0 aliphatic heterocycles. The Labute approximate surface area is 153 Å². The van der Waals surface area contributed by atoms with Gasteiger partial charge < -0.3 is 9.29 Å². The highest BCUT2D eigenvalue weighted by molar-refractivity contribution is 7.88. The quantitative estimate of drug-likeness (QED) is 0.360. The smallest absolute Gasteiger partial charge is 0.450 e. The van der Waals surface area contributed by atoms with Gasteiger partial charge in [-0.15, -0.1) is 0 Å². The lowest BCUT2D eigenvalue weighted by Crippen LogP contribution is -2.61. The Hall–Kier alpha value is -2.07. The van der Waals surface area contributed by atoms with Crippen molar-refractivity contribution in [3.05, 3.63) is 28.8 Å². The topological polar surface area (TPSA) is 135 Å². The van der Waals surface area contributed by atoms with Gasteiger partial charge >= 0.3 is 42.6 Å². The molecule has 0 aromatic heterocycles. The number of benzene rings is 1. The van der Waals surface area contributed by atoms with Crippen LogP contribution in [-0.2, 0) is 20.2 Å². The maximum atomic E-state index is 13.7. The van der Waals surface area contributed by atoms with Crippen LogP contribution in [0, 0.1) is 13.8 Å². The van der Waals surface area contributed by atoms with E-state index in [1.54, 1.807) is 0 Å². The molecule has 0 aliphatic rings. The maximum Gasteiger partial charge on any atom is 0.450 e. The number of hydrogen-bond acceptors (Lipinski definition) is 6. The van der Waals surface area contributed by atoms with Crippen molar-refractivity contribution >= 4 is 26.2 Å². The Morgan fingerprint density at radius 2 is 1.32 bits per heavy atom. The second-order valence-corrected chi connectivity index (χ2v) is 8.42. The van der Waals surface area contributed by atoms with E-state index in [0.29, 0.717) is 12.1 Å². The first kappa shape index (κ1) is 24.0. The molecule has 8 nitrogen and oxygen atoms in total. The van der Waals surface area contributed by atoms with Gasteiger partial charge in [0.05, 0.1) is 5.56 Å². The van der Waals surface area contributed by atoms with Crippen molar-refractivity contribution in [1.29, 1.82) is 0 Å². The van der Waals surface area contributed by atoms with Crippen LogP contribution < -0.4 is 4.18 Å². The third-order valence-electron chi connectivity index (χ3n) is 3.27. The van der Waals surface area contributed by atoms with Gasteiger partial charge in [0.25, 0.3) is 0 Å². The number of aromatic carboxylic acids is 1. The largest absolute Gasteiger partial charge is 0.478 e. The summed E-state index contributed by atoms with van der Waals surface area (Å²) < 4.78 is 136. The van der Waals surface area contributed by atoms with Gasteiger partial charge in [-0.2, -0.15) is 43.2 Å². The normalized spacial score (nSPS) is 14.0. The van der Waals surface area contributed by atoms with E-state index in [4.69, 9.17) is 9.66 Å². The molecule has 0 spiro atoms. The molecule has 1 rings (SSSR count). The Morgan fingerprint density at radius 3 is 1.64 bits per heavy atom. The number of rotatable bonds is 7.